The zero-order valence-corrected chi connectivity index (χ0v) is 16.4. The van der Waals surface area contributed by atoms with Crippen molar-refractivity contribution in [2.45, 2.75) is 32.9 Å². The Morgan fingerprint density at radius 2 is 1.83 bits per heavy atom. The van der Waals surface area contributed by atoms with Gasteiger partial charge in [-0.25, -0.2) is 9.67 Å². The number of hydrogen-bond acceptors (Lipinski definition) is 5. The summed E-state index contributed by atoms with van der Waals surface area (Å²) in [4.78, 5) is 27.1. The first-order valence-electron chi connectivity index (χ1n) is 9.41. The normalized spacial score (nSPS) is 12.0. The van der Waals surface area contributed by atoms with Crippen LogP contribution < -0.4 is 5.32 Å². The van der Waals surface area contributed by atoms with Crippen molar-refractivity contribution in [2.24, 2.45) is 5.92 Å². The SMILES string of the molecule is CC(C)CC(NC(=O)Cn1cnc(-c2ccc([N+](=O)[O-])cc2)n1)c1ccccc1. The number of amides is 1. The summed E-state index contributed by atoms with van der Waals surface area (Å²) in [5.74, 6) is 0.690. The highest BCUT2D eigenvalue weighted by molar-refractivity contribution is 5.76. The maximum absolute atomic E-state index is 12.6. The average Bonchev–Trinajstić information content (AvgIpc) is 3.16. The molecule has 1 heterocycles. The van der Waals surface area contributed by atoms with Crippen LogP contribution in [0.4, 0.5) is 5.69 Å². The highest BCUT2D eigenvalue weighted by atomic mass is 16.6. The van der Waals surface area contributed by atoms with Gasteiger partial charge in [0, 0.05) is 17.7 Å². The number of non-ortho nitro benzene ring substituents is 1. The van der Waals surface area contributed by atoms with E-state index in [4.69, 9.17) is 0 Å². The molecule has 29 heavy (non-hydrogen) atoms. The van der Waals surface area contributed by atoms with E-state index in [0.717, 1.165) is 12.0 Å². The second kappa shape index (κ2) is 9.09. The third-order valence-corrected chi connectivity index (χ3v) is 4.42. The second-order valence-corrected chi connectivity index (χ2v) is 7.23. The molecule has 1 amide bonds. The summed E-state index contributed by atoms with van der Waals surface area (Å²) >= 11 is 0. The van der Waals surface area contributed by atoms with Gasteiger partial charge in [0.05, 0.1) is 11.0 Å². The van der Waals surface area contributed by atoms with Gasteiger partial charge in [-0.3, -0.25) is 14.9 Å². The van der Waals surface area contributed by atoms with Crippen molar-refractivity contribution in [3.63, 3.8) is 0 Å². The van der Waals surface area contributed by atoms with E-state index in [1.807, 2.05) is 30.3 Å². The van der Waals surface area contributed by atoms with Gasteiger partial charge in [0.15, 0.2) is 5.82 Å². The maximum Gasteiger partial charge on any atom is 0.269 e. The van der Waals surface area contributed by atoms with Crippen molar-refractivity contribution in [3.8, 4) is 11.4 Å². The van der Waals surface area contributed by atoms with Crippen LogP contribution in [0.3, 0.4) is 0 Å². The molecule has 0 aliphatic heterocycles. The minimum atomic E-state index is -0.458. The topological polar surface area (TPSA) is 103 Å². The first kappa shape index (κ1) is 20.2. The van der Waals surface area contributed by atoms with E-state index in [9.17, 15) is 14.9 Å². The number of nitrogens with zero attached hydrogens (tertiary/aromatic N) is 4. The largest absolute Gasteiger partial charge is 0.348 e. The minimum absolute atomic E-state index is 0.00432. The lowest BCUT2D eigenvalue weighted by molar-refractivity contribution is -0.384. The lowest BCUT2D eigenvalue weighted by Crippen LogP contribution is -2.32. The van der Waals surface area contributed by atoms with Gasteiger partial charge < -0.3 is 5.32 Å². The van der Waals surface area contributed by atoms with Gasteiger partial charge in [-0.15, -0.1) is 0 Å². The zero-order valence-electron chi connectivity index (χ0n) is 16.4. The maximum atomic E-state index is 12.6. The van der Waals surface area contributed by atoms with Gasteiger partial charge in [0.25, 0.3) is 5.69 Å². The summed E-state index contributed by atoms with van der Waals surface area (Å²) in [6.45, 7) is 4.29. The molecule has 0 aliphatic rings. The van der Waals surface area contributed by atoms with E-state index >= 15 is 0 Å². The Bertz CT molecular complexity index is 967. The van der Waals surface area contributed by atoms with Crippen molar-refractivity contribution >= 4 is 11.6 Å². The van der Waals surface area contributed by atoms with Crippen LogP contribution in [0.15, 0.2) is 60.9 Å². The highest BCUT2D eigenvalue weighted by Gasteiger charge is 2.17. The first-order valence-corrected chi connectivity index (χ1v) is 9.41. The van der Waals surface area contributed by atoms with Crippen molar-refractivity contribution < 1.29 is 9.72 Å². The Morgan fingerprint density at radius 3 is 2.45 bits per heavy atom. The number of carbonyl (C=O) groups excluding carboxylic acids is 1. The van der Waals surface area contributed by atoms with Crippen molar-refractivity contribution in [1.29, 1.82) is 0 Å². The van der Waals surface area contributed by atoms with Crippen LogP contribution in [0.25, 0.3) is 11.4 Å². The van der Waals surface area contributed by atoms with Gasteiger partial charge in [0.2, 0.25) is 5.91 Å². The molecule has 8 heteroatoms. The van der Waals surface area contributed by atoms with Gasteiger partial charge in [-0.05, 0) is 30.0 Å². The average molecular weight is 393 g/mol. The fraction of sp³-hybridized carbons (Fsp3) is 0.286. The lowest BCUT2D eigenvalue weighted by atomic mass is 9.97. The number of rotatable bonds is 8. The smallest absolute Gasteiger partial charge is 0.269 e. The standard InChI is InChI=1S/C21H23N5O3/c1-15(2)12-19(16-6-4-3-5-7-16)23-20(27)13-25-14-22-21(24-25)17-8-10-18(11-9-17)26(28)29/h3-11,14-15,19H,12-13H2,1-2H3,(H,23,27). The summed E-state index contributed by atoms with van der Waals surface area (Å²) in [5.41, 5.74) is 1.72. The summed E-state index contributed by atoms with van der Waals surface area (Å²) < 4.78 is 1.46. The number of nitro groups is 1. The van der Waals surface area contributed by atoms with Crippen molar-refractivity contribution in [3.05, 3.63) is 76.6 Å². The zero-order chi connectivity index (χ0) is 20.8. The highest BCUT2D eigenvalue weighted by Crippen LogP contribution is 2.21. The van der Waals surface area contributed by atoms with Gasteiger partial charge in [-0.2, -0.15) is 5.10 Å². The Balaban J connectivity index is 1.66. The van der Waals surface area contributed by atoms with Gasteiger partial charge in [0.1, 0.15) is 12.9 Å². The fourth-order valence-electron chi connectivity index (χ4n) is 3.06. The van der Waals surface area contributed by atoms with Gasteiger partial charge >= 0.3 is 0 Å². The third kappa shape index (κ3) is 5.47. The Labute approximate surface area is 168 Å². The number of aromatic nitrogens is 3. The number of benzene rings is 2. The van der Waals surface area contributed by atoms with E-state index in [1.54, 1.807) is 12.1 Å². The van der Waals surface area contributed by atoms with Crippen LogP contribution >= 0.6 is 0 Å². The molecule has 0 bridgehead atoms. The van der Waals surface area contributed by atoms with Crippen LogP contribution in [0, 0.1) is 16.0 Å². The summed E-state index contributed by atoms with van der Waals surface area (Å²) in [5, 5.41) is 18.1. The van der Waals surface area contributed by atoms with Crippen LogP contribution in [-0.4, -0.2) is 25.6 Å². The molecule has 0 radical (unpaired) electrons. The molecule has 0 spiro atoms. The van der Waals surface area contributed by atoms with E-state index in [-0.39, 0.29) is 24.2 Å². The molecule has 0 saturated heterocycles. The van der Waals surface area contributed by atoms with Crippen LogP contribution in [0.1, 0.15) is 31.9 Å². The Kier molecular flexibility index (Phi) is 6.33. The molecule has 1 unspecified atom stereocenters. The first-order chi connectivity index (χ1) is 13.9. The molecule has 3 aromatic rings. The Morgan fingerprint density at radius 1 is 1.14 bits per heavy atom. The lowest BCUT2D eigenvalue weighted by Gasteiger charge is -2.21. The molecular formula is C21H23N5O3. The van der Waals surface area contributed by atoms with Crippen molar-refractivity contribution in [1.82, 2.24) is 20.1 Å². The molecule has 0 saturated carbocycles. The number of nitro benzene ring substituents is 1. The predicted octanol–water partition coefficient (Wildman–Crippen LogP) is 3.76. The quantitative estimate of drug-likeness (QED) is 0.464. The molecule has 8 nitrogen and oxygen atoms in total. The fourth-order valence-corrected chi connectivity index (χ4v) is 3.06. The molecule has 150 valence electrons. The molecule has 1 aromatic heterocycles. The van der Waals surface area contributed by atoms with Crippen LogP contribution in [-0.2, 0) is 11.3 Å². The Hall–Kier alpha value is -3.55. The van der Waals surface area contributed by atoms with Crippen molar-refractivity contribution in [2.75, 3.05) is 0 Å². The molecule has 3 rings (SSSR count). The monoisotopic (exact) mass is 393 g/mol. The van der Waals surface area contributed by atoms with E-state index in [1.165, 1.54) is 23.1 Å². The third-order valence-electron chi connectivity index (χ3n) is 4.42. The number of carbonyl (C=O) groups is 1. The summed E-state index contributed by atoms with van der Waals surface area (Å²) in [6, 6.07) is 15.8. The molecule has 1 N–H and O–H groups in total. The summed E-state index contributed by atoms with van der Waals surface area (Å²) in [6.07, 6.45) is 2.32. The molecule has 2 aromatic carbocycles. The molecule has 0 aliphatic carbocycles. The minimum Gasteiger partial charge on any atom is -0.348 e. The van der Waals surface area contributed by atoms with E-state index in [0.29, 0.717) is 17.3 Å². The van der Waals surface area contributed by atoms with Crippen LogP contribution in [0.2, 0.25) is 0 Å². The van der Waals surface area contributed by atoms with E-state index in [2.05, 4.69) is 29.2 Å². The van der Waals surface area contributed by atoms with Gasteiger partial charge in [-0.1, -0.05) is 44.2 Å². The van der Waals surface area contributed by atoms with E-state index < -0.39 is 4.92 Å². The second-order valence-electron chi connectivity index (χ2n) is 7.23. The number of nitrogens with one attached hydrogen (secondary N) is 1. The molecule has 1 atom stereocenters. The molecular weight excluding hydrogens is 370 g/mol. The predicted molar refractivity (Wildman–Crippen MR) is 109 cm³/mol. The number of hydrogen-bond donors (Lipinski definition) is 1. The summed E-state index contributed by atoms with van der Waals surface area (Å²) in [7, 11) is 0. The van der Waals surface area contributed by atoms with Crippen LogP contribution in [0.5, 0.6) is 0 Å². The molecule has 0 fully saturated rings.